The van der Waals surface area contributed by atoms with E-state index in [1.165, 1.54) is 38.5 Å². The van der Waals surface area contributed by atoms with Gasteiger partial charge in [0.1, 0.15) is 0 Å². The normalized spacial score (nSPS) is 15.7. The van der Waals surface area contributed by atoms with Gasteiger partial charge in [-0.05, 0) is 57.9 Å². The second kappa shape index (κ2) is 8.07. The molecule has 2 heterocycles. The van der Waals surface area contributed by atoms with Crippen molar-refractivity contribution in [2.75, 3.05) is 0 Å². The first-order valence-electron chi connectivity index (χ1n) is 11.7. The van der Waals surface area contributed by atoms with Gasteiger partial charge >= 0.3 is 0 Å². The van der Waals surface area contributed by atoms with Crippen LogP contribution in [-0.2, 0) is 5.41 Å². The molecule has 0 aromatic carbocycles. The molecule has 2 aromatic heterocycles. The number of unbranched alkanes of at least 4 members (excludes halogenated alkanes) is 2. The average Bonchev–Trinajstić information content (AvgIpc) is 3.21. The monoisotopic (exact) mass is 462 g/mol. The van der Waals surface area contributed by atoms with E-state index in [1.807, 2.05) is 0 Å². The molecule has 0 atom stereocenters. The Kier molecular flexibility index (Phi) is 6.54. The molecule has 0 unspecified atom stereocenters. The molecule has 0 nitrogen and oxygen atoms in total. The summed E-state index contributed by atoms with van der Waals surface area (Å²) in [4.78, 5) is 3.36. The van der Waals surface area contributed by atoms with Gasteiger partial charge in [0, 0.05) is 15.2 Å². The molecule has 0 bridgehead atoms. The van der Waals surface area contributed by atoms with E-state index in [9.17, 15) is 0 Å². The van der Waals surface area contributed by atoms with Crippen LogP contribution in [0.2, 0.25) is 39.3 Å². The largest absolute Gasteiger partial charge is 0.144 e. The zero-order chi connectivity index (χ0) is 21.8. The molecule has 0 amide bonds. The maximum atomic E-state index is 2.54. The Hall–Kier alpha value is -0.166. The highest BCUT2D eigenvalue weighted by atomic mass is 32.1. The van der Waals surface area contributed by atoms with Crippen molar-refractivity contribution in [2.24, 2.45) is 0 Å². The Bertz CT molecular complexity index is 813. The zero-order valence-corrected chi connectivity index (χ0v) is 24.2. The van der Waals surface area contributed by atoms with E-state index in [2.05, 4.69) is 89.7 Å². The lowest BCUT2D eigenvalue weighted by molar-refractivity contribution is 0.413. The summed E-state index contributed by atoms with van der Waals surface area (Å²) in [6.45, 7) is 24.9. The van der Waals surface area contributed by atoms with Crippen LogP contribution in [0.1, 0.15) is 74.6 Å². The van der Waals surface area contributed by atoms with Gasteiger partial charge in [-0.3, -0.25) is 0 Å². The van der Waals surface area contributed by atoms with Gasteiger partial charge in [0.2, 0.25) is 0 Å². The lowest BCUT2D eigenvalue weighted by atomic mass is 9.70. The fraction of sp³-hybridized carbons (Fsp3) is 0.680. The molecule has 2 aromatic rings. The van der Waals surface area contributed by atoms with E-state index in [4.69, 9.17) is 0 Å². The fourth-order valence-electron chi connectivity index (χ4n) is 5.64. The van der Waals surface area contributed by atoms with Crippen molar-refractivity contribution in [2.45, 2.75) is 111 Å². The minimum atomic E-state index is -1.33. The molecule has 3 rings (SSSR count). The highest BCUT2D eigenvalue weighted by molar-refractivity contribution is 7.34. The first-order chi connectivity index (χ1) is 13.4. The van der Waals surface area contributed by atoms with Crippen LogP contribution in [0.5, 0.6) is 0 Å². The van der Waals surface area contributed by atoms with Crippen molar-refractivity contribution >= 4 is 47.8 Å². The van der Waals surface area contributed by atoms with E-state index in [0.717, 1.165) is 0 Å². The second-order valence-corrected chi connectivity index (χ2v) is 24.1. The van der Waals surface area contributed by atoms with E-state index in [1.54, 1.807) is 41.0 Å². The van der Waals surface area contributed by atoms with Crippen LogP contribution in [0.3, 0.4) is 0 Å². The Balaban J connectivity index is 2.37. The number of hydrogen-bond donors (Lipinski definition) is 0. The SMILES string of the molecule is CCCCC1(CCCC)c2c(sc([Si](C)(C)C)c2C)-c2sc([Si](C)(C)C)c(C)c21. The van der Waals surface area contributed by atoms with E-state index in [0.29, 0.717) is 0 Å². The summed E-state index contributed by atoms with van der Waals surface area (Å²) >= 11 is 4.38. The summed E-state index contributed by atoms with van der Waals surface area (Å²) in [6, 6.07) is 0. The van der Waals surface area contributed by atoms with Crippen LogP contribution in [0.4, 0.5) is 0 Å². The van der Waals surface area contributed by atoms with Crippen molar-refractivity contribution in [3.05, 3.63) is 22.3 Å². The quantitative estimate of drug-likeness (QED) is 0.347. The van der Waals surface area contributed by atoms with Gasteiger partial charge in [-0.1, -0.05) is 78.8 Å². The number of rotatable bonds is 8. The molecule has 0 fully saturated rings. The minimum absolute atomic E-state index is 0.285. The molecule has 162 valence electrons. The summed E-state index contributed by atoms with van der Waals surface area (Å²) in [5, 5.41) is 0. The van der Waals surface area contributed by atoms with Crippen molar-refractivity contribution in [3.63, 3.8) is 0 Å². The third kappa shape index (κ3) is 3.81. The molecule has 0 saturated heterocycles. The van der Waals surface area contributed by atoms with Gasteiger partial charge in [0.15, 0.2) is 0 Å². The van der Waals surface area contributed by atoms with E-state index in [-0.39, 0.29) is 5.41 Å². The molecule has 29 heavy (non-hydrogen) atoms. The van der Waals surface area contributed by atoms with Crippen LogP contribution < -0.4 is 9.00 Å². The lowest BCUT2D eigenvalue weighted by Crippen LogP contribution is -2.39. The van der Waals surface area contributed by atoms with Crippen molar-refractivity contribution in [1.82, 2.24) is 0 Å². The van der Waals surface area contributed by atoms with Gasteiger partial charge in [-0.25, -0.2) is 0 Å². The summed E-state index contributed by atoms with van der Waals surface area (Å²) in [5.41, 5.74) is 7.18. The molecular formula is C25H42S2Si2. The van der Waals surface area contributed by atoms with Crippen LogP contribution in [0.25, 0.3) is 9.75 Å². The minimum Gasteiger partial charge on any atom is -0.144 e. The fourth-order valence-corrected chi connectivity index (χ4v) is 13.7. The Morgan fingerprint density at radius 1 is 0.655 bits per heavy atom. The van der Waals surface area contributed by atoms with Crippen LogP contribution in [0.15, 0.2) is 0 Å². The molecule has 4 heteroatoms. The molecule has 0 radical (unpaired) electrons. The van der Waals surface area contributed by atoms with Gasteiger partial charge in [0.25, 0.3) is 0 Å². The van der Waals surface area contributed by atoms with Gasteiger partial charge in [0.05, 0.1) is 16.1 Å². The maximum absolute atomic E-state index is 2.54. The third-order valence-corrected chi connectivity index (χ3v) is 16.9. The predicted octanol–water partition coefficient (Wildman–Crippen LogP) is 8.16. The first kappa shape index (κ1) is 23.5. The van der Waals surface area contributed by atoms with Crippen molar-refractivity contribution in [3.8, 4) is 9.75 Å². The lowest BCUT2D eigenvalue weighted by Gasteiger charge is -2.34. The number of hydrogen-bond acceptors (Lipinski definition) is 2. The zero-order valence-electron chi connectivity index (χ0n) is 20.6. The van der Waals surface area contributed by atoms with Gasteiger partial charge in [-0.15, -0.1) is 22.7 Å². The van der Waals surface area contributed by atoms with Crippen LogP contribution in [0, 0.1) is 13.8 Å². The Labute approximate surface area is 190 Å². The molecule has 0 spiro atoms. The highest BCUT2D eigenvalue weighted by Crippen LogP contribution is 2.60. The van der Waals surface area contributed by atoms with E-state index < -0.39 is 16.1 Å². The number of fused-ring (bicyclic) bond motifs is 3. The first-order valence-corrected chi connectivity index (χ1v) is 20.3. The number of thiophene rings is 2. The van der Waals surface area contributed by atoms with Crippen molar-refractivity contribution < 1.29 is 0 Å². The molecular weight excluding hydrogens is 421 g/mol. The van der Waals surface area contributed by atoms with Crippen molar-refractivity contribution in [1.29, 1.82) is 0 Å². The average molecular weight is 463 g/mol. The van der Waals surface area contributed by atoms with Crippen LogP contribution in [-0.4, -0.2) is 16.1 Å². The molecule has 0 aliphatic heterocycles. The summed E-state index contributed by atoms with van der Waals surface area (Å²) in [5.74, 6) is 0. The second-order valence-electron chi connectivity index (χ2n) is 11.3. The molecule has 1 aliphatic rings. The maximum Gasteiger partial charge on any atom is 0.0907 e. The Morgan fingerprint density at radius 3 is 1.28 bits per heavy atom. The molecule has 0 N–H and O–H groups in total. The predicted molar refractivity (Wildman–Crippen MR) is 143 cm³/mol. The van der Waals surface area contributed by atoms with E-state index >= 15 is 0 Å². The van der Waals surface area contributed by atoms with Gasteiger partial charge < -0.3 is 0 Å². The smallest absolute Gasteiger partial charge is 0.0907 e. The molecule has 1 aliphatic carbocycles. The topological polar surface area (TPSA) is 0 Å². The van der Waals surface area contributed by atoms with Crippen LogP contribution >= 0.6 is 22.7 Å². The molecule has 0 saturated carbocycles. The van der Waals surface area contributed by atoms with Gasteiger partial charge in [-0.2, -0.15) is 0 Å². The standard InChI is InChI=1S/C25H42S2Si2/c1-11-13-15-25(16-14-12-2)19-17(3)23(28(5,6)7)26-21(19)22-20(25)18(4)24(27-22)29(8,9)10/h11-16H2,1-10H3. The highest BCUT2D eigenvalue weighted by Gasteiger charge is 2.49. The summed E-state index contributed by atoms with van der Waals surface area (Å²) in [6.07, 6.45) is 7.97. The summed E-state index contributed by atoms with van der Waals surface area (Å²) < 4.78 is 3.51. The summed E-state index contributed by atoms with van der Waals surface area (Å²) in [7, 11) is -2.66. The third-order valence-electron chi connectivity index (χ3n) is 6.73. The Morgan fingerprint density at radius 2 is 1.00 bits per heavy atom.